The largest absolute Gasteiger partial charge is 0.352 e. The zero-order valence-corrected chi connectivity index (χ0v) is 10.1. The number of aromatic nitrogens is 1. The molecule has 1 aliphatic rings. The zero-order chi connectivity index (χ0) is 12.3. The Balaban J connectivity index is 1.93. The van der Waals surface area contributed by atoms with Crippen molar-refractivity contribution < 1.29 is 9.47 Å². The summed E-state index contributed by atoms with van der Waals surface area (Å²) in [7, 11) is 0. The van der Waals surface area contributed by atoms with Gasteiger partial charge in [0.15, 0.2) is 0 Å². The number of nitrogens with zero attached hydrogens (tertiary/aromatic N) is 1. The summed E-state index contributed by atoms with van der Waals surface area (Å²) >= 11 is 0. The molecule has 1 aliphatic heterocycles. The molecule has 1 unspecified atom stereocenters. The van der Waals surface area contributed by atoms with Gasteiger partial charge in [-0.3, -0.25) is 4.98 Å². The molecule has 3 heteroatoms. The second-order valence-corrected chi connectivity index (χ2v) is 4.50. The van der Waals surface area contributed by atoms with Crippen LogP contribution in [0.15, 0.2) is 54.9 Å². The van der Waals surface area contributed by atoms with E-state index in [1.165, 1.54) is 5.56 Å². The Kier molecular flexibility index (Phi) is 3.09. The average molecular weight is 241 g/mol. The summed E-state index contributed by atoms with van der Waals surface area (Å²) in [6.45, 7) is 0.946. The molecule has 0 aliphatic carbocycles. The van der Waals surface area contributed by atoms with Gasteiger partial charge in [0.05, 0.1) is 6.61 Å². The highest BCUT2D eigenvalue weighted by Gasteiger charge is 2.38. The lowest BCUT2D eigenvalue weighted by atomic mass is 9.88. The van der Waals surface area contributed by atoms with Crippen molar-refractivity contribution in [1.82, 2.24) is 4.98 Å². The maximum atomic E-state index is 5.88. The number of ether oxygens (including phenoxy) is 2. The Morgan fingerprint density at radius 1 is 1.06 bits per heavy atom. The van der Waals surface area contributed by atoms with Gasteiger partial charge in [0, 0.05) is 18.8 Å². The van der Waals surface area contributed by atoms with Crippen LogP contribution in [0.5, 0.6) is 0 Å². The molecule has 0 saturated carbocycles. The lowest BCUT2D eigenvalue weighted by molar-refractivity contribution is -0.0115. The molecule has 1 atom stereocenters. The van der Waals surface area contributed by atoms with Crippen LogP contribution in [-0.2, 0) is 21.5 Å². The highest BCUT2D eigenvalue weighted by atomic mass is 16.7. The monoisotopic (exact) mass is 241 g/mol. The number of benzene rings is 1. The van der Waals surface area contributed by atoms with E-state index in [0.717, 1.165) is 12.0 Å². The summed E-state index contributed by atoms with van der Waals surface area (Å²) in [5, 5.41) is 0. The van der Waals surface area contributed by atoms with Crippen LogP contribution in [0.3, 0.4) is 0 Å². The predicted molar refractivity (Wildman–Crippen MR) is 68.0 cm³/mol. The predicted octanol–water partition coefficient (Wildman–Crippen LogP) is 2.52. The fraction of sp³-hybridized carbons (Fsp3) is 0.267. The van der Waals surface area contributed by atoms with E-state index in [0.29, 0.717) is 13.4 Å². The number of rotatable bonds is 3. The molecule has 18 heavy (non-hydrogen) atoms. The molecule has 0 bridgehead atoms. The van der Waals surface area contributed by atoms with Gasteiger partial charge in [-0.2, -0.15) is 0 Å². The Hall–Kier alpha value is -1.71. The van der Waals surface area contributed by atoms with Crippen LogP contribution in [0.4, 0.5) is 0 Å². The molecule has 1 aromatic heterocycles. The standard InChI is InChI=1S/C15H15NO2/c1-2-4-13(5-3-1)10-15(11-17-12-18-15)14-6-8-16-9-7-14/h1-9H,10-12H2. The Bertz CT molecular complexity index is 492. The normalized spacial score (nSPS) is 23.1. The summed E-state index contributed by atoms with van der Waals surface area (Å²) in [5.74, 6) is 0. The van der Waals surface area contributed by atoms with Crippen molar-refractivity contribution in [2.45, 2.75) is 12.0 Å². The smallest absolute Gasteiger partial charge is 0.148 e. The van der Waals surface area contributed by atoms with Gasteiger partial charge in [0.25, 0.3) is 0 Å². The summed E-state index contributed by atoms with van der Waals surface area (Å²) in [5.41, 5.74) is 2.00. The Labute approximate surface area is 106 Å². The van der Waals surface area contributed by atoms with E-state index in [1.54, 1.807) is 12.4 Å². The van der Waals surface area contributed by atoms with Gasteiger partial charge < -0.3 is 9.47 Å². The minimum absolute atomic E-state index is 0.356. The molecule has 0 amide bonds. The second-order valence-electron chi connectivity index (χ2n) is 4.50. The van der Waals surface area contributed by atoms with Gasteiger partial charge in [0.2, 0.25) is 0 Å². The maximum Gasteiger partial charge on any atom is 0.148 e. The molecule has 2 heterocycles. The van der Waals surface area contributed by atoms with E-state index in [4.69, 9.17) is 9.47 Å². The molecule has 0 spiro atoms. The molecule has 1 fully saturated rings. The molecular weight excluding hydrogens is 226 g/mol. The first-order chi connectivity index (χ1) is 8.89. The zero-order valence-electron chi connectivity index (χ0n) is 10.1. The van der Waals surface area contributed by atoms with Crippen molar-refractivity contribution in [2.24, 2.45) is 0 Å². The minimum Gasteiger partial charge on any atom is -0.352 e. The molecule has 3 nitrogen and oxygen atoms in total. The lowest BCUT2D eigenvalue weighted by Crippen LogP contribution is -2.31. The molecule has 2 aromatic rings. The summed E-state index contributed by atoms with van der Waals surface area (Å²) in [6, 6.07) is 14.3. The first kappa shape index (κ1) is 11.4. The molecule has 92 valence electrons. The van der Waals surface area contributed by atoms with Crippen molar-refractivity contribution in [3.8, 4) is 0 Å². The van der Waals surface area contributed by atoms with Gasteiger partial charge in [0.1, 0.15) is 12.4 Å². The fourth-order valence-electron chi connectivity index (χ4n) is 2.35. The third-order valence-electron chi connectivity index (χ3n) is 3.29. The number of hydrogen-bond acceptors (Lipinski definition) is 3. The third kappa shape index (κ3) is 2.15. The molecule has 0 N–H and O–H groups in total. The average Bonchev–Trinajstić information content (AvgIpc) is 2.91. The van der Waals surface area contributed by atoms with Crippen LogP contribution < -0.4 is 0 Å². The first-order valence-electron chi connectivity index (χ1n) is 6.05. The van der Waals surface area contributed by atoms with Gasteiger partial charge in [-0.05, 0) is 23.3 Å². The van der Waals surface area contributed by atoms with Crippen molar-refractivity contribution in [2.75, 3.05) is 13.4 Å². The van der Waals surface area contributed by atoms with Gasteiger partial charge >= 0.3 is 0 Å². The van der Waals surface area contributed by atoms with Crippen LogP contribution in [0.2, 0.25) is 0 Å². The topological polar surface area (TPSA) is 31.4 Å². The molecular formula is C15H15NO2. The van der Waals surface area contributed by atoms with E-state index >= 15 is 0 Å². The SMILES string of the molecule is c1ccc(CC2(c3ccncc3)COCO2)cc1. The van der Waals surface area contributed by atoms with Gasteiger partial charge in [-0.25, -0.2) is 0 Å². The van der Waals surface area contributed by atoms with Crippen molar-refractivity contribution in [1.29, 1.82) is 0 Å². The van der Waals surface area contributed by atoms with E-state index < -0.39 is 0 Å². The highest BCUT2D eigenvalue weighted by Crippen LogP contribution is 2.33. The third-order valence-corrected chi connectivity index (χ3v) is 3.29. The van der Waals surface area contributed by atoms with E-state index in [1.807, 2.05) is 30.3 Å². The van der Waals surface area contributed by atoms with Crippen LogP contribution in [0, 0.1) is 0 Å². The Morgan fingerprint density at radius 2 is 1.83 bits per heavy atom. The lowest BCUT2D eigenvalue weighted by Gasteiger charge is -2.27. The molecule has 3 rings (SSSR count). The quantitative estimate of drug-likeness (QED) is 0.827. The summed E-state index contributed by atoms with van der Waals surface area (Å²) in [6.07, 6.45) is 4.41. The van der Waals surface area contributed by atoms with Gasteiger partial charge in [-0.15, -0.1) is 0 Å². The minimum atomic E-state index is -0.371. The van der Waals surface area contributed by atoms with E-state index in [9.17, 15) is 0 Å². The van der Waals surface area contributed by atoms with Crippen LogP contribution >= 0.6 is 0 Å². The van der Waals surface area contributed by atoms with Crippen molar-refractivity contribution in [3.63, 3.8) is 0 Å². The molecule has 1 aromatic carbocycles. The van der Waals surface area contributed by atoms with Crippen LogP contribution in [0.25, 0.3) is 0 Å². The van der Waals surface area contributed by atoms with Crippen LogP contribution in [0.1, 0.15) is 11.1 Å². The highest BCUT2D eigenvalue weighted by molar-refractivity contribution is 5.26. The van der Waals surface area contributed by atoms with E-state index in [2.05, 4.69) is 17.1 Å². The summed E-state index contributed by atoms with van der Waals surface area (Å²) < 4.78 is 11.3. The van der Waals surface area contributed by atoms with E-state index in [-0.39, 0.29) is 5.60 Å². The number of pyridine rings is 1. The first-order valence-corrected chi connectivity index (χ1v) is 6.05. The summed E-state index contributed by atoms with van der Waals surface area (Å²) in [4.78, 5) is 4.06. The second kappa shape index (κ2) is 4.88. The fourth-order valence-corrected chi connectivity index (χ4v) is 2.35. The van der Waals surface area contributed by atoms with Crippen molar-refractivity contribution >= 4 is 0 Å². The number of hydrogen-bond donors (Lipinski definition) is 0. The maximum absolute atomic E-state index is 5.88. The van der Waals surface area contributed by atoms with Crippen molar-refractivity contribution in [3.05, 3.63) is 66.0 Å². The molecule has 0 radical (unpaired) electrons. The Morgan fingerprint density at radius 3 is 2.50 bits per heavy atom. The molecule has 1 saturated heterocycles. The van der Waals surface area contributed by atoms with Crippen LogP contribution in [-0.4, -0.2) is 18.4 Å². The van der Waals surface area contributed by atoms with Gasteiger partial charge in [-0.1, -0.05) is 30.3 Å².